The highest BCUT2D eigenvalue weighted by Gasteiger charge is 2.67. The number of aliphatic hydroxyl groups is 4. The van der Waals surface area contributed by atoms with Crippen LogP contribution in [0.3, 0.4) is 0 Å². The van der Waals surface area contributed by atoms with E-state index in [1.807, 2.05) is 13.8 Å². The van der Waals surface area contributed by atoms with Crippen molar-refractivity contribution in [3.05, 3.63) is 23.3 Å². The summed E-state index contributed by atoms with van der Waals surface area (Å²) < 4.78 is 0. The molecule has 0 amide bonds. The predicted molar refractivity (Wildman–Crippen MR) is 135 cm³/mol. The lowest BCUT2D eigenvalue weighted by Crippen LogP contribution is -2.64. The van der Waals surface area contributed by atoms with E-state index in [1.165, 1.54) is 11.1 Å². The van der Waals surface area contributed by atoms with Crippen LogP contribution >= 0.6 is 0 Å². The molecule has 5 aliphatic carbocycles. The molecule has 4 heteroatoms. The average Bonchev–Trinajstić information content (AvgIpc) is 2.76. The molecule has 5 aliphatic rings. The van der Waals surface area contributed by atoms with E-state index in [0.717, 1.165) is 32.1 Å². The van der Waals surface area contributed by atoms with E-state index in [2.05, 4.69) is 46.8 Å². The standard InChI is InChI=1S/C30H48O4/c1-25(2)16-19-18-8-9-21-27(5)12-11-22(32)26(3,4)20(27)10-13-29(21,7)28(18,6)14-15-30(19,17-31)24(34)23(25)33/h8-9,20-24,31-34H,10-17H2,1-7H3. The van der Waals surface area contributed by atoms with Crippen LogP contribution in [0.4, 0.5) is 0 Å². The summed E-state index contributed by atoms with van der Waals surface area (Å²) in [6.07, 6.45) is 9.37. The van der Waals surface area contributed by atoms with Gasteiger partial charge in [-0.2, -0.15) is 0 Å². The lowest BCUT2D eigenvalue weighted by Gasteiger charge is -2.69. The molecule has 3 fully saturated rings. The van der Waals surface area contributed by atoms with Crippen molar-refractivity contribution < 1.29 is 20.4 Å². The minimum absolute atomic E-state index is 0.0350. The van der Waals surface area contributed by atoms with Gasteiger partial charge >= 0.3 is 0 Å². The average molecular weight is 473 g/mol. The van der Waals surface area contributed by atoms with Crippen LogP contribution in [0.5, 0.6) is 0 Å². The van der Waals surface area contributed by atoms with Gasteiger partial charge in [-0.05, 0) is 89.4 Å². The van der Waals surface area contributed by atoms with Crippen molar-refractivity contribution in [3.8, 4) is 0 Å². The number of hydrogen-bond acceptors (Lipinski definition) is 4. The van der Waals surface area contributed by atoms with Gasteiger partial charge in [-0.1, -0.05) is 66.2 Å². The van der Waals surface area contributed by atoms with Crippen LogP contribution in [-0.2, 0) is 0 Å². The van der Waals surface area contributed by atoms with E-state index < -0.39 is 23.0 Å². The van der Waals surface area contributed by atoms with Crippen LogP contribution in [0.25, 0.3) is 0 Å². The van der Waals surface area contributed by atoms with Crippen molar-refractivity contribution in [2.45, 2.75) is 112 Å². The smallest absolute Gasteiger partial charge is 0.0919 e. The van der Waals surface area contributed by atoms with Crippen LogP contribution < -0.4 is 0 Å². The molecule has 0 aliphatic heterocycles. The highest BCUT2D eigenvalue weighted by molar-refractivity contribution is 5.47. The van der Waals surface area contributed by atoms with E-state index in [9.17, 15) is 20.4 Å². The summed E-state index contributed by atoms with van der Waals surface area (Å²) in [4.78, 5) is 0. The summed E-state index contributed by atoms with van der Waals surface area (Å²) in [6, 6.07) is 0. The third-order valence-corrected chi connectivity index (χ3v) is 12.7. The third-order valence-electron chi connectivity index (χ3n) is 12.7. The molecule has 0 heterocycles. The molecule has 0 spiro atoms. The first-order valence-electron chi connectivity index (χ1n) is 13.7. The maximum atomic E-state index is 11.3. The van der Waals surface area contributed by atoms with E-state index in [4.69, 9.17) is 0 Å². The fraction of sp³-hybridized carbons (Fsp3) is 0.867. The predicted octanol–water partition coefficient (Wildman–Crippen LogP) is 5.00. The number of hydrogen-bond donors (Lipinski definition) is 4. The summed E-state index contributed by atoms with van der Waals surface area (Å²) in [5.41, 5.74) is 1.46. The molecule has 0 aromatic rings. The molecule has 0 bridgehead atoms. The Morgan fingerprint density at radius 1 is 0.853 bits per heavy atom. The van der Waals surface area contributed by atoms with Gasteiger partial charge in [0.1, 0.15) is 0 Å². The van der Waals surface area contributed by atoms with Crippen molar-refractivity contribution >= 4 is 0 Å². The quantitative estimate of drug-likeness (QED) is 0.433. The lowest BCUT2D eigenvalue weighted by molar-refractivity contribution is -0.188. The Labute approximate surface area is 206 Å². The highest BCUT2D eigenvalue weighted by atomic mass is 16.3. The number of allylic oxidation sites excluding steroid dienone is 3. The molecule has 5 rings (SSSR count). The summed E-state index contributed by atoms with van der Waals surface area (Å²) >= 11 is 0. The summed E-state index contributed by atoms with van der Waals surface area (Å²) in [7, 11) is 0. The van der Waals surface area contributed by atoms with E-state index in [0.29, 0.717) is 24.7 Å². The minimum Gasteiger partial charge on any atom is -0.395 e. The minimum atomic E-state index is -0.943. The molecule has 0 saturated heterocycles. The summed E-state index contributed by atoms with van der Waals surface area (Å²) in [5, 5.41) is 43.8. The zero-order valence-electron chi connectivity index (χ0n) is 22.5. The normalized spacial score (nSPS) is 53.4. The zero-order valence-corrected chi connectivity index (χ0v) is 22.5. The second-order valence-corrected chi connectivity index (χ2v) is 14.8. The van der Waals surface area contributed by atoms with Gasteiger partial charge in [-0.3, -0.25) is 0 Å². The van der Waals surface area contributed by atoms with Gasteiger partial charge in [0.2, 0.25) is 0 Å². The van der Waals surface area contributed by atoms with Gasteiger partial charge in [-0.25, -0.2) is 0 Å². The molecule has 0 radical (unpaired) electrons. The Balaban J connectivity index is 1.68. The molecular weight excluding hydrogens is 424 g/mol. The SMILES string of the molecule is CC1(C)CC2=C3C=CC4C5(C)CCC(O)C(C)(C)C5CCC4(C)C3(C)CCC2(CO)C(O)C1O. The molecule has 4 N–H and O–H groups in total. The van der Waals surface area contributed by atoms with E-state index in [1.54, 1.807) is 0 Å². The molecule has 34 heavy (non-hydrogen) atoms. The highest BCUT2D eigenvalue weighted by Crippen LogP contribution is 2.74. The molecule has 0 aromatic heterocycles. The van der Waals surface area contributed by atoms with Crippen molar-refractivity contribution in [2.75, 3.05) is 6.61 Å². The molecule has 0 aromatic carbocycles. The molecular formula is C30H48O4. The van der Waals surface area contributed by atoms with Crippen molar-refractivity contribution in [1.29, 1.82) is 0 Å². The van der Waals surface area contributed by atoms with Crippen molar-refractivity contribution in [2.24, 2.45) is 44.3 Å². The van der Waals surface area contributed by atoms with Crippen LogP contribution in [0.15, 0.2) is 23.3 Å². The maximum Gasteiger partial charge on any atom is 0.0919 e. The Bertz CT molecular complexity index is 932. The fourth-order valence-electron chi connectivity index (χ4n) is 10.1. The van der Waals surface area contributed by atoms with Crippen LogP contribution in [0.1, 0.15) is 93.4 Å². The van der Waals surface area contributed by atoms with Crippen molar-refractivity contribution in [1.82, 2.24) is 0 Å². The van der Waals surface area contributed by atoms with Crippen LogP contribution in [0.2, 0.25) is 0 Å². The molecule has 4 nitrogen and oxygen atoms in total. The Morgan fingerprint density at radius 2 is 1.53 bits per heavy atom. The maximum absolute atomic E-state index is 11.3. The Kier molecular flexibility index (Phi) is 5.30. The van der Waals surface area contributed by atoms with Gasteiger partial charge in [0, 0.05) is 5.41 Å². The topological polar surface area (TPSA) is 80.9 Å². The van der Waals surface area contributed by atoms with Gasteiger partial charge in [0.15, 0.2) is 0 Å². The first-order valence-corrected chi connectivity index (χ1v) is 13.7. The van der Waals surface area contributed by atoms with Gasteiger partial charge in [0.25, 0.3) is 0 Å². The molecule has 3 saturated carbocycles. The fourth-order valence-corrected chi connectivity index (χ4v) is 10.1. The third kappa shape index (κ3) is 2.75. The molecule has 9 atom stereocenters. The van der Waals surface area contributed by atoms with E-state index >= 15 is 0 Å². The zero-order chi connectivity index (χ0) is 25.1. The molecule has 9 unspecified atom stereocenters. The lowest BCUT2D eigenvalue weighted by atomic mass is 9.35. The van der Waals surface area contributed by atoms with Crippen LogP contribution in [0, 0.1) is 44.3 Å². The van der Waals surface area contributed by atoms with Crippen molar-refractivity contribution in [3.63, 3.8) is 0 Å². The first-order chi connectivity index (χ1) is 15.6. The van der Waals surface area contributed by atoms with Crippen LogP contribution in [-0.4, -0.2) is 45.3 Å². The monoisotopic (exact) mass is 472 g/mol. The molecule has 192 valence electrons. The number of aliphatic hydroxyl groups excluding tert-OH is 4. The van der Waals surface area contributed by atoms with Gasteiger partial charge in [0.05, 0.1) is 24.9 Å². The number of fused-ring (bicyclic) bond motifs is 6. The second kappa shape index (κ2) is 7.21. The van der Waals surface area contributed by atoms with E-state index in [-0.39, 0.29) is 34.4 Å². The largest absolute Gasteiger partial charge is 0.395 e. The first kappa shape index (κ1) is 25.0. The summed E-state index contributed by atoms with van der Waals surface area (Å²) in [6.45, 7) is 16.0. The Morgan fingerprint density at radius 3 is 2.18 bits per heavy atom. The Hall–Kier alpha value is -0.680. The van der Waals surface area contributed by atoms with Gasteiger partial charge in [-0.15, -0.1) is 0 Å². The summed E-state index contributed by atoms with van der Waals surface area (Å²) in [5.74, 6) is 0.934. The van der Waals surface area contributed by atoms with Gasteiger partial charge < -0.3 is 20.4 Å². The second-order valence-electron chi connectivity index (χ2n) is 14.8. The number of rotatable bonds is 1.